The van der Waals surface area contributed by atoms with Gasteiger partial charge in [0.2, 0.25) is 0 Å². The van der Waals surface area contributed by atoms with Crippen molar-refractivity contribution in [1.82, 2.24) is 4.98 Å². The van der Waals surface area contributed by atoms with E-state index in [1.807, 2.05) is 6.07 Å². The summed E-state index contributed by atoms with van der Waals surface area (Å²) in [5.41, 5.74) is 6.67. The molecule has 2 nitrogen and oxygen atoms in total. The fourth-order valence-electron chi connectivity index (χ4n) is 1.29. The molecule has 0 aliphatic carbocycles. The van der Waals surface area contributed by atoms with E-state index in [4.69, 9.17) is 5.73 Å². The van der Waals surface area contributed by atoms with E-state index in [-0.39, 0.29) is 5.82 Å². The van der Waals surface area contributed by atoms with Crippen LogP contribution in [0, 0.1) is 12.7 Å². The number of aryl methyl sites for hydroxylation is 1. The third-order valence-electron chi connectivity index (χ3n) is 2.05. The predicted octanol–water partition coefficient (Wildman–Crippen LogP) is 3.60. The number of nitrogens with two attached hydrogens (primary N) is 1. The average molecular weight is 287 g/mol. The van der Waals surface area contributed by atoms with Crippen molar-refractivity contribution in [2.24, 2.45) is 0 Å². The molecule has 0 amide bonds. The number of aromatic nitrogens is 1. The van der Waals surface area contributed by atoms with E-state index in [0.717, 1.165) is 4.88 Å². The molecule has 0 aliphatic heterocycles. The van der Waals surface area contributed by atoms with Gasteiger partial charge in [-0.25, -0.2) is 9.37 Å². The lowest BCUT2D eigenvalue weighted by Crippen LogP contribution is -1.88. The standard InChI is InChI=1S/C10H8BrFN2S/c1-5-2-3-6(11)8(9(5)12)7-4-14-10(13)15-7/h2-4H,1H3,(H2,13,14). The van der Waals surface area contributed by atoms with Crippen LogP contribution in [0.5, 0.6) is 0 Å². The zero-order valence-electron chi connectivity index (χ0n) is 7.92. The molecule has 0 atom stereocenters. The fraction of sp³-hybridized carbons (Fsp3) is 0.100. The number of thiazole rings is 1. The number of nitrogen functional groups attached to an aromatic ring is 1. The third-order valence-corrected chi connectivity index (χ3v) is 3.56. The van der Waals surface area contributed by atoms with Crippen molar-refractivity contribution in [2.45, 2.75) is 6.92 Å². The highest BCUT2D eigenvalue weighted by Gasteiger charge is 2.13. The Morgan fingerprint density at radius 3 is 2.80 bits per heavy atom. The molecule has 2 rings (SSSR count). The van der Waals surface area contributed by atoms with Crippen LogP contribution in [0.3, 0.4) is 0 Å². The van der Waals surface area contributed by atoms with Gasteiger partial charge >= 0.3 is 0 Å². The molecule has 0 saturated carbocycles. The van der Waals surface area contributed by atoms with Gasteiger partial charge in [0.05, 0.1) is 4.88 Å². The first-order valence-corrected chi connectivity index (χ1v) is 5.87. The van der Waals surface area contributed by atoms with Crippen LogP contribution in [0.1, 0.15) is 5.56 Å². The van der Waals surface area contributed by atoms with Crippen LogP contribution in [-0.2, 0) is 0 Å². The quantitative estimate of drug-likeness (QED) is 0.870. The molecule has 0 bridgehead atoms. The molecule has 78 valence electrons. The maximum absolute atomic E-state index is 13.9. The molecule has 1 aromatic carbocycles. The van der Waals surface area contributed by atoms with Gasteiger partial charge < -0.3 is 5.73 Å². The van der Waals surface area contributed by atoms with E-state index >= 15 is 0 Å². The van der Waals surface area contributed by atoms with E-state index in [0.29, 0.717) is 20.7 Å². The summed E-state index contributed by atoms with van der Waals surface area (Å²) < 4.78 is 14.6. The van der Waals surface area contributed by atoms with Gasteiger partial charge in [0.25, 0.3) is 0 Å². The minimum Gasteiger partial charge on any atom is -0.375 e. The molecule has 1 aromatic heterocycles. The monoisotopic (exact) mass is 286 g/mol. The van der Waals surface area contributed by atoms with E-state index in [1.165, 1.54) is 11.3 Å². The van der Waals surface area contributed by atoms with Gasteiger partial charge in [0.1, 0.15) is 5.82 Å². The Labute approximate surface area is 99.1 Å². The average Bonchev–Trinajstić information content (AvgIpc) is 2.59. The summed E-state index contributed by atoms with van der Waals surface area (Å²) in [6, 6.07) is 3.55. The molecular weight excluding hydrogens is 279 g/mol. The minimum atomic E-state index is -0.229. The molecule has 5 heteroatoms. The van der Waals surface area contributed by atoms with Gasteiger partial charge in [-0.1, -0.05) is 33.3 Å². The second-order valence-corrected chi connectivity index (χ2v) is 5.03. The molecule has 0 saturated heterocycles. The van der Waals surface area contributed by atoms with E-state index in [2.05, 4.69) is 20.9 Å². The lowest BCUT2D eigenvalue weighted by atomic mass is 10.1. The molecule has 1 heterocycles. The fourth-order valence-corrected chi connectivity index (χ4v) is 2.67. The van der Waals surface area contributed by atoms with Crippen LogP contribution in [0.4, 0.5) is 9.52 Å². The Hall–Kier alpha value is -0.940. The molecule has 0 aliphatic rings. The maximum atomic E-state index is 13.9. The number of halogens is 2. The van der Waals surface area contributed by atoms with Crippen molar-refractivity contribution < 1.29 is 4.39 Å². The largest absolute Gasteiger partial charge is 0.375 e. The summed E-state index contributed by atoms with van der Waals surface area (Å²) in [6.45, 7) is 1.73. The number of nitrogens with zero attached hydrogens (tertiary/aromatic N) is 1. The number of rotatable bonds is 1. The Morgan fingerprint density at radius 1 is 1.47 bits per heavy atom. The SMILES string of the molecule is Cc1ccc(Br)c(-c2cnc(N)s2)c1F. The van der Waals surface area contributed by atoms with Crippen molar-refractivity contribution >= 4 is 32.4 Å². The van der Waals surface area contributed by atoms with Crippen LogP contribution in [0.2, 0.25) is 0 Å². The molecule has 0 unspecified atom stereocenters. The van der Waals surface area contributed by atoms with E-state index < -0.39 is 0 Å². The Kier molecular flexibility index (Phi) is 2.75. The molecule has 2 aromatic rings. The van der Waals surface area contributed by atoms with Crippen molar-refractivity contribution in [1.29, 1.82) is 0 Å². The van der Waals surface area contributed by atoms with Crippen molar-refractivity contribution in [2.75, 3.05) is 5.73 Å². The van der Waals surface area contributed by atoms with Gasteiger partial charge in [-0.15, -0.1) is 0 Å². The Morgan fingerprint density at radius 2 is 2.20 bits per heavy atom. The van der Waals surface area contributed by atoms with Crippen LogP contribution in [0.15, 0.2) is 22.8 Å². The Balaban J connectivity index is 2.66. The van der Waals surface area contributed by atoms with Crippen LogP contribution >= 0.6 is 27.3 Å². The maximum Gasteiger partial charge on any atom is 0.180 e. The minimum absolute atomic E-state index is 0.229. The number of benzene rings is 1. The van der Waals surface area contributed by atoms with Crippen LogP contribution < -0.4 is 5.73 Å². The van der Waals surface area contributed by atoms with Gasteiger partial charge in [-0.2, -0.15) is 0 Å². The van der Waals surface area contributed by atoms with Gasteiger partial charge in [-0.3, -0.25) is 0 Å². The van der Waals surface area contributed by atoms with E-state index in [9.17, 15) is 4.39 Å². The molecule has 15 heavy (non-hydrogen) atoms. The van der Waals surface area contributed by atoms with Gasteiger partial charge in [0, 0.05) is 16.2 Å². The van der Waals surface area contributed by atoms with Gasteiger partial charge in [0.15, 0.2) is 5.13 Å². The van der Waals surface area contributed by atoms with Crippen molar-refractivity contribution in [3.8, 4) is 10.4 Å². The first kappa shape index (κ1) is 10.6. The van der Waals surface area contributed by atoms with Crippen LogP contribution in [0.25, 0.3) is 10.4 Å². The second kappa shape index (κ2) is 3.90. The van der Waals surface area contributed by atoms with Crippen molar-refractivity contribution in [3.05, 3.63) is 34.2 Å². The normalized spacial score (nSPS) is 10.6. The number of hydrogen-bond acceptors (Lipinski definition) is 3. The smallest absolute Gasteiger partial charge is 0.180 e. The number of hydrogen-bond donors (Lipinski definition) is 1. The predicted molar refractivity (Wildman–Crippen MR) is 64.4 cm³/mol. The summed E-state index contributed by atoms with van der Waals surface area (Å²) >= 11 is 4.60. The molecule has 0 radical (unpaired) electrons. The third kappa shape index (κ3) is 1.89. The molecule has 0 fully saturated rings. The molecule has 0 spiro atoms. The summed E-state index contributed by atoms with van der Waals surface area (Å²) in [4.78, 5) is 4.65. The van der Waals surface area contributed by atoms with Crippen molar-refractivity contribution in [3.63, 3.8) is 0 Å². The zero-order valence-corrected chi connectivity index (χ0v) is 10.3. The highest BCUT2D eigenvalue weighted by molar-refractivity contribution is 9.10. The second-order valence-electron chi connectivity index (χ2n) is 3.12. The Bertz CT molecular complexity index is 510. The summed E-state index contributed by atoms with van der Waals surface area (Å²) in [6.07, 6.45) is 1.59. The zero-order chi connectivity index (χ0) is 11.0. The van der Waals surface area contributed by atoms with Crippen LogP contribution in [-0.4, -0.2) is 4.98 Å². The first-order chi connectivity index (χ1) is 7.09. The summed E-state index contributed by atoms with van der Waals surface area (Å²) in [5.74, 6) is -0.229. The summed E-state index contributed by atoms with van der Waals surface area (Å²) in [5, 5.41) is 0.442. The van der Waals surface area contributed by atoms with E-state index in [1.54, 1.807) is 19.2 Å². The molecule has 2 N–H and O–H groups in total. The lowest BCUT2D eigenvalue weighted by molar-refractivity contribution is 0.621. The highest BCUT2D eigenvalue weighted by atomic mass is 79.9. The molecular formula is C10H8BrFN2S. The topological polar surface area (TPSA) is 38.9 Å². The number of anilines is 1. The summed E-state index contributed by atoms with van der Waals surface area (Å²) in [7, 11) is 0. The van der Waals surface area contributed by atoms with Gasteiger partial charge in [-0.05, 0) is 18.6 Å². The lowest BCUT2D eigenvalue weighted by Gasteiger charge is -2.05. The highest BCUT2D eigenvalue weighted by Crippen LogP contribution is 2.36. The first-order valence-electron chi connectivity index (χ1n) is 4.26.